The number of rotatable bonds is 4. The van der Waals surface area contributed by atoms with Crippen molar-refractivity contribution in [1.82, 2.24) is 0 Å². The van der Waals surface area contributed by atoms with Crippen LogP contribution >= 0.6 is 34.0 Å². The molecule has 0 fully saturated rings. The van der Waals surface area contributed by atoms with E-state index in [-0.39, 0.29) is 6.04 Å². The van der Waals surface area contributed by atoms with Crippen molar-refractivity contribution < 1.29 is 0 Å². The summed E-state index contributed by atoms with van der Waals surface area (Å²) in [5.41, 5.74) is 7.66. The minimum absolute atomic E-state index is 0.180. The van der Waals surface area contributed by atoms with Crippen molar-refractivity contribution in [2.24, 2.45) is 5.73 Å². The Bertz CT molecular complexity index is 563. The highest BCUT2D eigenvalue weighted by Gasteiger charge is 2.11. The van der Waals surface area contributed by atoms with Gasteiger partial charge in [0.25, 0.3) is 0 Å². The summed E-state index contributed by atoms with van der Waals surface area (Å²) in [6.45, 7) is 0. The Morgan fingerprint density at radius 2 is 2.12 bits per heavy atom. The fourth-order valence-electron chi connectivity index (χ4n) is 1.87. The molecule has 0 saturated heterocycles. The van der Waals surface area contributed by atoms with Gasteiger partial charge in [-0.25, -0.2) is 0 Å². The zero-order valence-electron chi connectivity index (χ0n) is 9.26. The van der Waals surface area contributed by atoms with Gasteiger partial charge >= 0.3 is 0 Å². The first-order valence-corrected chi connectivity index (χ1v) is 8.20. The highest BCUT2D eigenvalue weighted by molar-refractivity contribution is 7.26. The van der Waals surface area contributed by atoms with Crippen molar-refractivity contribution in [2.45, 2.75) is 18.9 Å². The topological polar surface area (TPSA) is 26.0 Å². The van der Waals surface area contributed by atoms with E-state index in [0.29, 0.717) is 0 Å². The number of hydrogen-bond donors (Lipinski definition) is 1. The Labute approximate surface area is 113 Å². The maximum Gasteiger partial charge on any atom is 0.0454 e. The van der Waals surface area contributed by atoms with E-state index in [9.17, 15) is 0 Å². The van der Waals surface area contributed by atoms with Crippen molar-refractivity contribution in [3.05, 3.63) is 44.8 Å². The molecule has 0 radical (unpaired) electrons. The van der Waals surface area contributed by atoms with Crippen molar-refractivity contribution in [3.8, 4) is 0 Å². The van der Waals surface area contributed by atoms with Gasteiger partial charge in [0, 0.05) is 20.3 Å². The van der Waals surface area contributed by atoms with Crippen LogP contribution in [-0.2, 0) is 6.42 Å². The van der Waals surface area contributed by atoms with Crippen molar-refractivity contribution in [3.63, 3.8) is 0 Å². The SMILES string of the molecule is NC(CCc1ccsc1)c1cc2sccc2s1. The van der Waals surface area contributed by atoms with Gasteiger partial charge in [0.2, 0.25) is 0 Å². The van der Waals surface area contributed by atoms with Gasteiger partial charge in [0.15, 0.2) is 0 Å². The molecule has 3 aromatic rings. The van der Waals surface area contributed by atoms with Crippen LogP contribution in [0.4, 0.5) is 0 Å². The van der Waals surface area contributed by atoms with Crippen LogP contribution in [0, 0.1) is 0 Å². The summed E-state index contributed by atoms with van der Waals surface area (Å²) in [7, 11) is 0. The summed E-state index contributed by atoms with van der Waals surface area (Å²) in [4.78, 5) is 1.32. The molecule has 0 bridgehead atoms. The molecule has 0 spiro atoms. The molecule has 0 aromatic carbocycles. The van der Waals surface area contributed by atoms with Gasteiger partial charge in [-0.3, -0.25) is 0 Å². The zero-order valence-corrected chi connectivity index (χ0v) is 11.7. The van der Waals surface area contributed by atoms with Gasteiger partial charge in [0.05, 0.1) is 0 Å². The molecule has 17 heavy (non-hydrogen) atoms. The first-order valence-electron chi connectivity index (χ1n) is 5.56. The molecule has 3 aromatic heterocycles. The summed E-state index contributed by atoms with van der Waals surface area (Å²) in [5, 5.41) is 6.48. The second-order valence-corrected chi connectivity index (χ2v) is 6.92. The lowest BCUT2D eigenvalue weighted by Gasteiger charge is -2.07. The third kappa shape index (κ3) is 2.45. The standard InChI is InChI=1S/C13H13NS3/c14-10(2-1-9-3-5-15-8-9)12-7-13-11(17-12)4-6-16-13/h3-8,10H,1-2,14H2. The molecular weight excluding hydrogens is 266 g/mol. The molecule has 0 aliphatic rings. The number of nitrogens with two attached hydrogens (primary N) is 1. The number of hydrogen-bond acceptors (Lipinski definition) is 4. The van der Waals surface area contributed by atoms with Crippen LogP contribution in [-0.4, -0.2) is 0 Å². The third-order valence-corrected chi connectivity index (χ3v) is 5.81. The maximum absolute atomic E-state index is 6.25. The van der Waals surface area contributed by atoms with Crippen molar-refractivity contribution in [1.29, 1.82) is 0 Å². The van der Waals surface area contributed by atoms with Gasteiger partial charge in [-0.05, 0) is 52.7 Å². The molecule has 1 atom stereocenters. The Kier molecular flexibility index (Phi) is 3.29. The monoisotopic (exact) mass is 279 g/mol. The largest absolute Gasteiger partial charge is 0.323 e. The van der Waals surface area contributed by atoms with Crippen molar-refractivity contribution >= 4 is 43.4 Å². The summed E-state index contributed by atoms with van der Waals surface area (Å²) < 4.78 is 2.74. The van der Waals surface area contributed by atoms with Gasteiger partial charge in [0.1, 0.15) is 0 Å². The van der Waals surface area contributed by atoms with Crippen LogP contribution in [0.15, 0.2) is 34.3 Å². The summed E-state index contributed by atoms with van der Waals surface area (Å²) >= 11 is 5.39. The van der Waals surface area contributed by atoms with E-state index in [1.54, 1.807) is 22.7 Å². The molecule has 1 nitrogen and oxygen atoms in total. The van der Waals surface area contributed by atoms with Crippen LogP contribution in [0.2, 0.25) is 0 Å². The molecule has 88 valence electrons. The highest BCUT2D eigenvalue weighted by atomic mass is 32.1. The molecule has 0 aliphatic heterocycles. The Morgan fingerprint density at radius 1 is 1.18 bits per heavy atom. The van der Waals surface area contributed by atoms with Crippen LogP contribution in [0.5, 0.6) is 0 Å². The second kappa shape index (κ2) is 4.90. The Morgan fingerprint density at radius 3 is 2.88 bits per heavy atom. The van der Waals surface area contributed by atoms with Gasteiger partial charge in [-0.2, -0.15) is 11.3 Å². The minimum atomic E-state index is 0.180. The molecule has 3 heterocycles. The lowest BCUT2D eigenvalue weighted by Crippen LogP contribution is -2.09. The van der Waals surface area contributed by atoms with E-state index in [1.807, 2.05) is 11.3 Å². The predicted molar refractivity (Wildman–Crippen MR) is 79.3 cm³/mol. The molecule has 3 rings (SSSR count). The fraction of sp³-hybridized carbons (Fsp3) is 0.231. The Balaban J connectivity index is 1.69. The van der Waals surface area contributed by atoms with E-state index in [0.717, 1.165) is 12.8 Å². The summed E-state index contributed by atoms with van der Waals surface area (Å²) in [6.07, 6.45) is 2.11. The van der Waals surface area contributed by atoms with Crippen LogP contribution in [0.3, 0.4) is 0 Å². The normalized spacial score (nSPS) is 13.2. The Hall–Kier alpha value is -0.680. The fourth-order valence-corrected chi connectivity index (χ4v) is 4.73. The van der Waals surface area contributed by atoms with E-state index in [1.165, 1.54) is 19.8 Å². The average Bonchev–Trinajstić information content (AvgIpc) is 3.01. The number of thiophene rings is 3. The van der Waals surface area contributed by atoms with Gasteiger partial charge in [-0.1, -0.05) is 0 Å². The zero-order chi connectivity index (χ0) is 11.7. The summed E-state index contributed by atoms with van der Waals surface area (Å²) in [6, 6.07) is 6.80. The average molecular weight is 279 g/mol. The first kappa shape index (κ1) is 11.4. The molecule has 2 N–H and O–H groups in total. The van der Waals surface area contributed by atoms with E-state index >= 15 is 0 Å². The quantitative estimate of drug-likeness (QED) is 0.738. The lowest BCUT2D eigenvalue weighted by molar-refractivity contribution is 0.663. The number of aryl methyl sites for hydroxylation is 1. The second-order valence-electron chi connectivity index (χ2n) is 4.07. The minimum Gasteiger partial charge on any atom is -0.323 e. The molecule has 0 aliphatic carbocycles. The smallest absolute Gasteiger partial charge is 0.0454 e. The first-order chi connectivity index (χ1) is 8.33. The molecule has 1 unspecified atom stereocenters. The third-order valence-electron chi connectivity index (χ3n) is 2.85. The highest BCUT2D eigenvalue weighted by Crippen LogP contribution is 2.33. The molecule has 0 amide bonds. The molecule has 4 heteroatoms. The maximum atomic E-state index is 6.25. The van der Waals surface area contributed by atoms with E-state index < -0.39 is 0 Å². The summed E-state index contributed by atoms with van der Waals surface area (Å²) in [5.74, 6) is 0. The van der Waals surface area contributed by atoms with Crippen molar-refractivity contribution in [2.75, 3.05) is 0 Å². The molecule has 0 saturated carbocycles. The number of fused-ring (bicyclic) bond motifs is 1. The van der Waals surface area contributed by atoms with E-state index in [2.05, 4.69) is 34.3 Å². The van der Waals surface area contributed by atoms with Gasteiger partial charge in [-0.15, -0.1) is 22.7 Å². The van der Waals surface area contributed by atoms with Crippen LogP contribution < -0.4 is 5.73 Å². The van der Waals surface area contributed by atoms with E-state index in [4.69, 9.17) is 5.73 Å². The lowest BCUT2D eigenvalue weighted by atomic mass is 10.1. The van der Waals surface area contributed by atoms with Crippen LogP contribution in [0.1, 0.15) is 22.9 Å². The van der Waals surface area contributed by atoms with Gasteiger partial charge < -0.3 is 5.73 Å². The molecular formula is C13H13NS3. The van der Waals surface area contributed by atoms with Crippen LogP contribution in [0.25, 0.3) is 9.40 Å². The predicted octanol–water partition coefficient (Wildman–Crippen LogP) is 4.66.